The van der Waals surface area contributed by atoms with E-state index in [-0.39, 0.29) is 10.8 Å². The van der Waals surface area contributed by atoms with Crippen molar-refractivity contribution in [2.75, 3.05) is 11.4 Å². The summed E-state index contributed by atoms with van der Waals surface area (Å²) in [6.07, 6.45) is 5.94. The van der Waals surface area contributed by atoms with Gasteiger partial charge in [-0.2, -0.15) is 0 Å². The van der Waals surface area contributed by atoms with Crippen LogP contribution in [0.3, 0.4) is 0 Å². The van der Waals surface area contributed by atoms with Crippen LogP contribution in [0.1, 0.15) is 39.0 Å². The second kappa shape index (κ2) is 6.19. The lowest BCUT2D eigenvalue weighted by atomic mass is 9.94. The predicted molar refractivity (Wildman–Crippen MR) is 75.8 cm³/mol. The zero-order valence-electron chi connectivity index (χ0n) is 11.0. The largest absolute Gasteiger partial charge is 0.354 e. The molecule has 0 aliphatic heterocycles. The number of hydrogen-bond acceptors (Lipinski definition) is 4. The molecular formula is C13H18ClN3O2. The van der Waals surface area contributed by atoms with Crippen molar-refractivity contribution >= 4 is 23.1 Å². The van der Waals surface area contributed by atoms with E-state index in [2.05, 4.69) is 9.88 Å². The van der Waals surface area contributed by atoms with Crippen LogP contribution < -0.4 is 4.90 Å². The van der Waals surface area contributed by atoms with E-state index in [1.165, 1.54) is 31.4 Å². The van der Waals surface area contributed by atoms with Gasteiger partial charge in [-0.15, -0.1) is 0 Å². The fraction of sp³-hybridized carbons (Fsp3) is 0.615. The van der Waals surface area contributed by atoms with E-state index in [0.717, 1.165) is 19.4 Å². The van der Waals surface area contributed by atoms with Crippen LogP contribution in [0.2, 0.25) is 5.15 Å². The molecule has 0 saturated heterocycles. The molecule has 0 bridgehead atoms. The number of nitrogens with zero attached hydrogens (tertiary/aromatic N) is 3. The first kappa shape index (κ1) is 14.1. The lowest BCUT2D eigenvalue weighted by molar-refractivity contribution is -0.384. The average Bonchev–Trinajstić information content (AvgIpc) is 2.40. The number of hydrogen-bond donors (Lipinski definition) is 0. The van der Waals surface area contributed by atoms with Gasteiger partial charge in [0, 0.05) is 12.6 Å². The topological polar surface area (TPSA) is 59.3 Å². The first-order valence-corrected chi connectivity index (χ1v) is 7.08. The van der Waals surface area contributed by atoms with Crippen LogP contribution in [-0.4, -0.2) is 22.5 Å². The summed E-state index contributed by atoms with van der Waals surface area (Å²) in [5.41, 5.74) is 0.00394. The molecule has 1 saturated carbocycles. The lowest BCUT2D eigenvalue weighted by Gasteiger charge is -2.34. The normalized spacial score (nSPS) is 16.3. The van der Waals surface area contributed by atoms with Gasteiger partial charge in [0.2, 0.25) is 0 Å². The Morgan fingerprint density at radius 2 is 2.11 bits per heavy atom. The number of nitro groups is 1. The zero-order valence-corrected chi connectivity index (χ0v) is 11.8. The summed E-state index contributed by atoms with van der Waals surface area (Å²) >= 11 is 5.89. The van der Waals surface area contributed by atoms with Crippen LogP contribution in [0, 0.1) is 10.1 Å². The Kier molecular flexibility index (Phi) is 4.58. The highest BCUT2D eigenvalue weighted by Crippen LogP contribution is 2.29. The summed E-state index contributed by atoms with van der Waals surface area (Å²) in [7, 11) is 0. The van der Waals surface area contributed by atoms with E-state index < -0.39 is 4.92 Å². The minimum absolute atomic E-state index is 0.00394. The third-order valence-electron chi connectivity index (χ3n) is 3.63. The van der Waals surface area contributed by atoms with Crippen molar-refractivity contribution in [2.24, 2.45) is 0 Å². The molecule has 1 aromatic rings. The molecule has 0 N–H and O–H groups in total. The third kappa shape index (κ3) is 3.35. The molecule has 2 rings (SSSR count). The Hall–Kier alpha value is -1.36. The molecule has 104 valence electrons. The fourth-order valence-corrected chi connectivity index (χ4v) is 2.92. The molecule has 6 heteroatoms. The SMILES string of the molecule is CCN(c1cc([N+](=O)[O-])cc(Cl)n1)C1CCCCC1. The maximum Gasteiger partial charge on any atom is 0.276 e. The van der Waals surface area contributed by atoms with Crippen LogP contribution in [0.15, 0.2) is 12.1 Å². The van der Waals surface area contributed by atoms with E-state index in [9.17, 15) is 10.1 Å². The standard InChI is InChI=1S/C13H18ClN3O2/c1-2-16(10-6-4-3-5-7-10)13-9-11(17(18)19)8-12(14)15-13/h8-10H,2-7H2,1H3. The van der Waals surface area contributed by atoms with Crippen molar-refractivity contribution in [1.82, 2.24) is 4.98 Å². The smallest absolute Gasteiger partial charge is 0.276 e. The van der Waals surface area contributed by atoms with Crippen molar-refractivity contribution < 1.29 is 4.92 Å². The summed E-state index contributed by atoms with van der Waals surface area (Å²) in [6.45, 7) is 2.83. The summed E-state index contributed by atoms with van der Waals surface area (Å²) < 4.78 is 0. The van der Waals surface area contributed by atoms with Crippen LogP contribution in [-0.2, 0) is 0 Å². The second-order valence-electron chi connectivity index (χ2n) is 4.84. The Bertz CT molecular complexity index is 461. The Labute approximate surface area is 117 Å². The van der Waals surface area contributed by atoms with Gasteiger partial charge >= 0.3 is 0 Å². The van der Waals surface area contributed by atoms with Crippen molar-refractivity contribution in [1.29, 1.82) is 0 Å². The molecule has 0 unspecified atom stereocenters. The number of rotatable bonds is 4. The van der Waals surface area contributed by atoms with Crippen molar-refractivity contribution in [3.8, 4) is 0 Å². The highest BCUT2D eigenvalue weighted by Gasteiger charge is 2.23. The van der Waals surface area contributed by atoms with Gasteiger partial charge in [-0.25, -0.2) is 4.98 Å². The van der Waals surface area contributed by atoms with Gasteiger partial charge in [-0.1, -0.05) is 30.9 Å². The summed E-state index contributed by atoms with van der Waals surface area (Å²) in [5, 5.41) is 11.1. The lowest BCUT2D eigenvalue weighted by Crippen LogP contribution is -2.37. The van der Waals surface area contributed by atoms with Gasteiger partial charge in [-0.3, -0.25) is 10.1 Å². The predicted octanol–water partition coefficient (Wildman–Crippen LogP) is 3.80. The molecule has 0 aromatic carbocycles. The summed E-state index contributed by atoms with van der Waals surface area (Å²) in [5.74, 6) is 0.619. The van der Waals surface area contributed by atoms with Crippen LogP contribution in [0.25, 0.3) is 0 Å². The van der Waals surface area contributed by atoms with Crippen LogP contribution in [0.4, 0.5) is 11.5 Å². The molecule has 1 fully saturated rings. The first-order valence-electron chi connectivity index (χ1n) is 6.70. The molecule has 5 nitrogen and oxygen atoms in total. The maximum absolute atomic E-state index is 10.9. The Morgan fingerprint density at radius 3 is 2.68 bits per heavy atom. The highest BCUT2D eigenvalue weighted by molar-refractivity contribution is 6.29. The monoisotopic (exact) mass is 283 g/mol. The van der Waals surface area contributed by atoms with Gasteiger partial charge in [0.1, 0.15) is 11.0 Å². The van der Waals surface area contributed by atoms with Gasteiger partial charge in [0.25, 0.3) is 5.69 Å². The number of pyridine rings is 1. The summed E-state index contributed by atoms with van der Waals surface area (Å²) in [6, 6.07) is 3.23. The van der Waals surface area contributed by atoms with E-state index in [1.54, 1.807) is 0 Å². The molecule has 0 atom stereocenters. The Balaban J connectivity index is 2.28. The van der Waals surface area contributed by atoms with E-state index >= 15 is 0 Å². The second-order valence-corrected chi connectivity index (χ2v) is 5.23. The molecule has 0 spiro atoms. The number of anilines is 1. The maximum atomic E-state index is 10.9. The number of halogens is 1. The first-order chi connectivity index (χ1) is 9.11. The van der Waals surface area contributed by atoms with E-state index in [0.29, 0.717) is 11.9 Å². The van der Waals surface area contributed by atoms with Crippen LogP contribution in [0.5, 0.6) is 0 Å². The number of aromatic nitrogens is 1. The van der Waals surface area contributed by atoms with Crippen molar-refractivity contribution in [3.05, 3.63) is 27.4 Å². The van der Waals surface area contributed by atoms with E-state index in [1.807, 2.05) is 6.92 Å². The van der Waals surface area contributed by atoms with Crippen molar-refractivity contribution in [3.63, 3.8) is 0 Å². The molecule has 1 heterocycles. The molecular weight excluding hydrogens is 266 g/mol. The fourth-order valence-electron chi connectivity index (χ4n) is 2.72. The highest BCUT2D eigenvalue weighted by atomic mass is 35.5. The molecule has 0 radical (unpaired) electrons. The minimum Gasteiger partial charge on any atom is -0.354 e. The third-order valence-corrected chi connectivity index (χ3v) is 3.82. The molecule has 1 aliphatic carbocycles. The van der Waals surface area contributed by atoms with Crippen LogP contribution >= 0.6 is 11.6 Å². The zero-order chi connectivity index (χ0) is 13.8. The Morgan fingerprint density at radius 1 is 1.42 bits per heavy atom. The van der Waals surface area contributed by atoms with Gasteiger partial charge in [0.05, 0.1) is 17.1 Å². The molecule has 19 heavy (non-hydrogen) atoms. The van der Waals surface area contributed by atoms with Gasteiger partial charge in [0.15, 0.2) is 0 Å². The quantitative estimate of drug-likeness (QED) is 0.479. The van der Waals surface area contributed by atoms with Crippen molar-refractivity contribution in [2.45, 2.75) is 45.1 Å². The molecule has 0 amide bonds. The molecule has 1 aliphatic rings. The minimum atomic E-state index is -0.425. The van der Waals surface area contributed by atoms with Gasteiger partial charge in [-0.05, 0) is 19.8 Å². The summed E-state index contributed by atoms with van der Waals surface area (Å²) in [4.78, 5) is 16.9. The van der Waals surface area contributed by atoms with Gasteiger partial charge < -0.3 is 4.90 Å². The average molecular weight is 284 g/mol. The van der Waals surface area contributed by atoms with E-state index in [4.69, 9.17) is 11.6 Å². The molecule has 1 aromatic heterocycles.